The van der Waals surface area contributed by atoms with E-state index in [9.17, 15) is 8.78 Å². The zero-order valence-corrected chi connectivity index (χ0v) is 9.41. The zero-order valence-electron chi connectivity index (χ0n) is 9.41. The first-order valence-corrected chi connectivity index (χ1v) is 5.38. The molecule has 0 aliphatic carbocycles. The molecule has 1 unspecified atom stereocenters. The molecule has 0 bridgehead atoms. The average Bonchev–Trinajstić information content (AvgIpc) is 2.82. The van der Waals surface area contributed by atoms with Crippen LogP contribution in [0, 0.1) is 11.6 Å². The van der Waals surface area contributed by atoms with Crippen molar-refractivity contribution in [1.29, 1.82) is 0 Å². The Kier molecular flexibility index (Phi) is 3.54. The molecule has 0 saturated carbocycles. The Morgan fingerprint density at radius 2 is 2.06 bits per heavy atom. The van der Waals surface area contributed by atoms with Crippen LogP contribution >= 0.6 is 0 Å². The number of nitrogens with one attached hydrogen (secondary N) is 1. The van der Waals surface area contributed by atoms with E-state index in [1.165, 1.54) is 6.07 Å². The Morgan fingerprint density at radius 1 is 1.24 bits per heavy atom. The van der Waals surface area contributed by atoms with E-state index in [2.05, 4.69) is 5.32 Å². The molecule has 1 atom stereocenters. The largest absolute Gasteiger partial charge is 0.468 e. The van der Waals surface area contributed by atoms with Crippen LogP contribution in [-0.4, -0.2) is 0 Å². The first kappa shape index (κ1) is 11.8. The zero-order chi connectivity index (χ0) is 12.3. The standard InChI is InChI=1S/C13H13F2NO/c1-9(16-8-10-4-3-7-17-10)11-5-2-6-12(14)13(11)15/h2-7,9,16H,8H2,1H3. The summed E-state index contributed by atoms with van der Waals surface area (Å²) < 4.78 is 31.7. The summed E-state index contributed by atoms with van der Waals surface area (Å²) in [7, 11) is 0. The molecule has 1 aromatic carbocycles. The maximum absolute atomic E-state index is 13.5. The van der Waals surface area contributed by atoms with Gasteiger partial charge >= 0.3 is 0 Å². The van der Waals surface area contributed by atoms with Gasteiger partial charge in [0.2, 0.25) is 0 Å². The third kappa shape index (κ3) is 2.71. The molecular formula is C13H13F2NO. The summed E-state index contributed by atoms with van der Waals surface area (Å²) in [6.45, 7) is 2.25. The highest BCUT2D eigenvalue weighted by Gasteiger charge is 2.13. The molecule has 0 spiro atoms. The Hall–Kier alpha value is -1.68. The van der Waals surface area contributed by atoms with Gasteiger partial charge in [0.15, 0.2) is 11.6 Å². The van der Waals surface area contributed by atoms with E-state index in [4.69, 9.17) is 4.42 Å². The molecule has 2 rings (SSSR count). The first-order valence-electron chi connectivity index (χ1n) is 5.38. The van der Waals surface area contributed by atoms with Crippen LogP contribution in [0.2, 0.25) is 0 Å². The van der Waals surface area contributed by atoms with Crippen LogP contribution in [0.5, 0.6) is 0 Å². The molecule has 0 amide bonds. The summed E-state index contributed by atoms with van der Waals surface area (Å²) in [5.74, 6) is -0.866. The molecule has 4 heteroatoms. The summed E-state index contributed by atoms with van der Waals surface area (Å²) in [6, 6.07) is 7.50. The molecule has 0 aliphatic rings. The lowest BCUT2D eigenvalue weighted by molar-refractivity contribution is 0.441. The van der Waals surface area contributed by atoms with Gasteiger partial charge in [0, 0.05) is 11.6 Å². The Bertz CT molecular complexity index is 482. The lowest BCUT2D eigenvalue weighted by Crippen LogP contribution is -2.19. The average molecular weight is 237 g/mol. The number of benzene rings is 1. The van der Waals surface area contributed by atoms with Gasteiger partial charge in [0.05, 0.1) is 12.8 Å². The maximum Gasteiger partial charge on any atom is 0.163 e. The van der Waals surface area contributed by atoms with Crippen LogP contribution in [-0.2, 0) is 6.54 Å². The van der Waals surface area contributed by atoms with E-state index >= 15 is 0 Å². The van der Waals surface area contributed by atoms with Gasteiger partial charge in [-0.05, 0) is 25.1 Å². The Balaban J connectivity index is 2.04. The molecule has 1 aromatic heterocycles. The predicted octanol–water partition coefficient (Wildman–Crippen LogP) is 3.41. The number of halogens is 2. The van der Waals surface area contributed by atoms with Crippen molar-refractivity contribution in [2.24, 2.45) is 0 Å². The summed E-state index contributed by atoms with van der Waals surface area (Å²) >= 11 is 0. The summed E-state index contributed by atoms with van der Waals surface area (Å²) in [5.41, 5.74) is 0.316. The molecule has 0 radical (unpaired) electrons. The van der Waals surface area contributed by atoms with E-state index in [1.54, 1.807) is 25.3 Å². The van der Waals surface area contributed by atoms with Gasteiger partial charge < -0.3 is 9.73 Å². The number of furan rings is 1. The Labute approximate surface area is 98.3 Å². The van der Waals surface area contributed by atoms with Crippen molar-refractivity contribution < 1.29 is 13.2 Å². The van der Waals surface area contributed by atoms with Gasteiger partial charge in [-0.15, -0.1) is 0 Å². The molecule has 2 nitrogen and oxygen atoms in total. The van der Waals surface area contributed by atoms with E-state index < -0.39 is 11.6 Å². The van der Waals surface area contributed by atoms with Gasteiger partial charge in [-0.25, -0.2) is 8.78 Å². The first-order chi connectivity index (χ1) is 8.18. The van der Waals surface area contributed by atoms with E-state index in [1.807, 2.05) is 6.07 Å². The second-order valence-electron chi connectivity index (χ2n) is 3.82. The van der Waals surface area contributed by atoms with Crippen LogP contribution < -0.4 is 5.32 Å². The molecular weight excluding hydrogens is 224 g/mol. The molecule has 90 valence electrons. The van der Waals surface area contributed by atoms with E-state index in [0.29, 0.717) is 12.1 Å². The highest BCUT2D eigenvalue weighted by Crippen LogP contribution is 2.19. The van der Waals surface area contributed by atoms with Gasteiger partial charge in [-0.1, -0.05) is 12.1 Å². The minimum Gasteiger partial charge on any atom is -0.468 e. The Morgan fingerprint density at radius 3 is 2.76 bits per heavy atom. The summed E-state index contributed by atoms with van der Waals surface area (Å²) in [5, 5.41) is 3.07. The lowest BCUT2D eigenvalue weighted by Gasteiger charge is -2.14. The lowest BCUT2D eigenvalue weighted by atomic mass is 10.1. The minimum absolute atomic E-state index is 0.282. The second kappa shape index (κ2) is 5.10. The molecule has 0 aliphatic heterocycles. The molecule has 17 heavy (non-hydrogen) atoms. The van der Waals surface area contributed by atoms with Gasteiger partial charge in [0.25, 0.3) is 0 Å². The quantitative estimate of drug-likeness (QED) is 0.881. The third-order valence-corrected chi connectivity index (χ3v) is 2.61. The van der Waals surface area contributed by atoms with Crippen molar-refractivity contribution >= 4 is 0 Å². The third-order valence-electron chi connectivity index (χ3n) is 2.61. The summed E-state index contributed by atoms with van der Waals surface area (Å²) in [6.07, 6.45) is 1.57. The second-order valence-corrected chi connectivity index (χ2v) is 3.82. The highest BCUT2D eigenvalue weighted by atomic mass is 19.2. The monoisotopic (exact) mass is 237 g/mol. The van der Waals surface area contributed by atoms with Crippen LogP contribution in [0.1, 0.15) is 24.3 Å². The van der Waals surface area contributed by atoms with Crippen LogP contribution in [0.3, 0.4) is 0 Å². The molecule has 1 heterocycles. The van der Waals surface area contributed by atoms with Gasteiger partial charge in [0.1, 0.15) is 5.76 Å². The smallest absolute Gasteiger partial charge is 0.163 e. The fraction of sp³-hybridized carbons (Fsp3) is 0.231. The minimum atomic E-state index is -0.825. The number of hydrogen-bond acceptors (Lipinski definition) is 2. The van der Waals surface area contributed by atoms with E-state index in [-0.39, 0.29) is 6.04 Å². The highest BCUT2D eigenvalue weighted by molar-refractivity contribution is 5.22. The van der Waals surface area contributed by atoms with Crippen LogP contribution in [0.15, 0.2) is 41.0 Å². The SMILES string of the molecule is CC(NCc1ccco1)c1cccc(F)c1F. The molecule has 2 aromatic rings. The molecule has 0 fully saturated rings. The fourth-order valence-electron chi connectivity index (χ4n) is 1.63. The van der Waals surface area contributed by atoms with Crippen LogP contribution in [0.25, 0.3) is 0 Å². The number of hydrogen-bond donors (Lipinski definition) is 1. The van der Waals surface area contributed by atoms with Crippen molar-refractivity contribution in [3.8, 4) is 0 Å². The van der Waals surface area contributed by atoms with E-state index in [0.717, 1.165) is 11.8 Å². The van der Waals surface area contributed by atoms with Crippen molar-refractivity contribution in [2.45, 2.75) is 19.5 Å². The number of rotatable bonds is 4. The maximum atomic E-state index is 13.5. The van der Waals surface area contributed by atoms with Crippen molar-refractivity contribution in [2.75, 3.05) is 0 Å². The van der Waals surface area contributed by atoms with Gasteiger partial charge in [-0.2, -0.15) is 0 Å². The fourth-order valence-corrected chi connectivity index (χ4v) is 1.63. The summed E-state index contributed by atoms with van der Waals surface area (Å²) in [4.78, 5) is 0. The van der Waals surface area contributed by atoms with Crippen molar-refractivity contribution in [1.82, 2.24) is 5.32 Å². The predicted molar refractivity (Wildman–Crippen MR) is 60.3 cm³/mol. The van der Waals surface area contributed by atoms with Crippen molar-refractivity contribution in [3.05, 3.63) is 59.6 Å². The molecule has 0 saturated heterocycles. The van der Waals surface area contributed by atoms with Gasteiger partial charge in [-0.3, -0.25) is 0 Å². The molecule has 1 N–H and O–H groups in total. The van der Waals surface area contributed by atoms with Crippen LogP contribution in [0.4, 0.5) is 8.78 Å². The normalized spacial score (nSPS) is 12.6. The van der Waals surface area contributed by atoms with Crippen molar-refractivity contribution in [3.63, 3.8) is 0 Å². The topological polar surface area (TPSA) is 25.2 Å².